The topological polar surface area (TPSA) is 221 Å². The molecule has 1 heterocycles. The number of aliphatic hydroxyl groups excluding tert-OH is 2. The van der Waals surface area contributed by atoms with Crippen LogP contribution in [0.5, 0.6) is 0 Å². The Bertz CT molecular complexity index is 2200. The number of fused-ring (bicyclic) bond motifs is 5. The number of aliphatic hydroxyl groups is 3. The molecule has 330 valence electrons. The summed E-state index contributed by atoms with van der Waals surface area (Å²) in [5.41, 5.74) is -6.93. The van der Waals surface area contributed by atoms with Crippen molar-refractivity contribution in [2.24, 2.45) is 28.6 Å². The van der Waals surface area contributed by atoms with Gasteiger partial charge in [0.1, 0.15) is 23.9 Å². The summed E-state index contributed by atoms with van der Waals surface area (Å²) in [4.78, 5) is 83.6. The van der Waals surface area contributed by atoms with E-state index in [4.69, 9.17) is 23.7 Å². The van der Waals surface area contributed by atoms with Gasteiger partial charge in [-0.05, 0) is 36.8 Å². The van der Waals surface area contributed by atoms with E-state index in [0.29, 0.717) is 5.56 Å². The smallest absolute Gasteiger partial charge is 0.338 e. The van der Waals surface area contributed by atoms with Gasteiger partial charge in [-0.25, -0.2) is 9.59 Å². The zero-order valence-corrected chi connectivity index (χ0v) is 35.4. The lowest BCUT2D eigenvalue weighted by atomic mass is 9.42. The lowest BCUT2D eigenvalue weighted by Crippen LogP contribution is -2.83. The van der Waals surface area contributed by atoms with Crippen molar-refractivity contribution < 1.29 is 67.8 Å². The number of ether oxygens (including phenoxy) is 5. The zero-order chi connectivity index (χ0) is 44.9. The van der Waals surface area contributed by atoms with Gasteiger partial charge in [-0.2, -0.15) is 0 Å². The minimum absolute atomic E-state index is 0.0809. The molecule has 7 rings (SSSR count). The standard InChI is InChI=1S/C47H53NO14/c1-25-31(60-43(56)36(52)35(28-16-10-7-11-17-28)48-41(54)29-18-12-8-13-19-29)23-47(57)40(61-42(55)30-20-14-9-15-21-30)38-45(6,32(51)22-33-46(38,24-58-33)62-27(3)50)39(53)37(59-26(2)49)34(25)44(47,4)5/h7-21,25,31-38,40,51-52,57H,22-24H2,1-6H3,(H,48,54)/t25?,31-,32-,33+,34?,35-,36-,37-,38?,40-,45+,46-,47+/m0/s1. The molecule has 0 radical (unpaired) electrons. The molecule has 3 aromatic rings. The third kappa shape index (κ3) is 7.37. The van der Waals surface area contributed by atoms with Gasteiger partial charge in [-0.15, -0.1) is 0 Å². The number of amides is 1. The van der Waals surface area contributed by atoms with Crippen LogP contribution >= 0.6 is 0 Å². The minimum atomic E-state index is -2.33. The Balaban J connectivity index is 1.36. The van der Waals surface area contributed by atoms with Gasteiger partial charge >= 0.3 is 23.9 Å². The Kier molecular flexibility index (Phi) is 12.0. The van der Waals surface area contributed by atoms with Crippen LogP contribution < -0.4 is 5.32 Å². The van der Waals surface area contributed by atoms with Crippen LogP contribution in [0.15, 0.2) is 91.0 Å². The van der Waals surface area contributed by atoms with Gasteiger partial charge in [0.05, 0.1) is 35.6 Å². The van der Waals surface area contributed by atoms with E-state index >= 15 is 4.79 Å². The molecule has 3 aliphatic carbocycles. The number of hydrogen-bond donors (Lipinski definition) is 4. The van der Waals surface area contributed by atoms with Crippen LogP contribution in [0.25, 0.3) is 0 Å². The van der Waals surface area contributed by atoms with E-state index in [1.807, 2.05) is 0 Å². The molecule has 4 aliphatic rings. The fraction of sp³-hybridized carbons (Fsp3) is 0.489. The Morgan fingerprint density at radius 3 is 1.95 bits per heavy atom. The van der Waals surface area contributed by atoms with Crippen LogP contribution in [-0.2, 0) is 42.9 Å². The van der Waals surface area contributed by atoms with Gasteiger partial charge in [0.15, 0.2) is 23.6 Å². The van der Waals surface area contributed by atoms with Crippen LogP contribution in [0.2, 0.25) is 0 Å². The molecule has 62 heavy (non-hydrogen) atoms. The molecule has 13 atom stereocenters. The highest BCUT2D eigenvalue weighted by Crippen LogP contribution is 2.65. The van der Waals surface area contributed by atoms with Crippen LogP contribution in [0.3, 0.4) is 0 Å². The predicted octanol–water partition coefficient (Wildman–Crippen LogP) is 3.67. The second-order valence-electron chi connectivity index (χ2n) is 17.8. The molecule has 0 aromatic heterocycles. The summed E-state index contributed by atoms with van der Waals surface area (Å²) in [6, 6.07) is 23.1. The molecule has 4 fully saturated rings. The first-order chi connectivity index (χ1) is 29.3. The number of rotatable bonds is 10. The van der Waals surface area contributed by atoms with E-state index in [0.717, 1.165) is 13.8 Å². The fourth-order valence-corrected chi connectivity index (χ4v) is 10.8. The van der Waals surface area contributed by atoms with Crippen molar-refractivity contribution in [1.82, 2.24) is 5.32 Å². The van der Waals surface area contributed by atoms with E-state index < -0.39 is 124 Å². The van der Waals surface area contributed by atoms with Crippen molar-refractivity contribution in [2.45, 2.75) is 108 Å². The molecular weight excluding hydrogens is 803 g/mol. The second kappa shape index (κ2) is 16.7. The Hall–Kier alpha value is -5.48. The van der Waals surface area contributed by atoms with Crippen molar-refractivity contribution >= 4 is 35.6 Å². The lowest BCUT2D eigenvalue weighted by molar-refractivity contribution is -0.355. The number of esters is 4. The molecule has 4 N–H and O–H groups in total. The van der Waals surface area contributed by atoms with E-state index in [1.54, 1.807) is 99.6 Å². The molecule has 3 saturated carbocycles. The van der Waals surface area contributed by atoms with E-state index in [-0.39, 0.29) is 24.2 Å². The summed E-state index contributed by atoms with van der Waals surface area (Å²) in [7, 11) is 0. The summed E-state index contributed by atoms with van der Waals surface area (Å²) >= 11 is 0. The van der Waals surface area contributed by atoms with Crippen molar-refractivity contribution in [3.63, 3.8) is 0 Å². The van der Waals surface area contributed by atoms with Gasteiger partial charge in [-0.3, -0.25) is 19.2 Å². The van der Waals surface area contributed by atoms with Gasteiger partial charge in [-0.1, -0.05) is 87.5 Å². The van der Waals surface area contributed by atoms with Crippen molar-refractivity contribution in [3.05, 3.63) is 108 Å². The summed E-state index contributed by atoms with van der Waals surface area (Å²) in [5, 5.41) is 40.3. The van der Waals surface area contributed by atoms with E-state index in [2.05, 4.69) is 5.32 Å². The monoisotopic (exact) mass is 855 g/mol. The van der Waals surface area contributed by atoms with Gasteiger partial charge in [0, 0.05) is 49.5 Å². The number of ketones is 1. The summed E-state index contributed by atoms with van der Waals surface area (Å²) in [5.74, 6) is -8.77. The SMILES string of the molecule is CC(=O)O[C@@H]1C(=O)[C@@]2(C)C([C@H](OC(=O)c3ccccc3)[C@]3(O)C[C@H](OC(=O)[C@@H](O)[C@@H](NC(=O)c4ccccc4)c4ccccc4)C(C)C1C3(C)C)[C@]1(OC(C)=O)CO[C@@H]1C[C@@H]2O. The van der Waals surface area contributed by atoms with Crippen LogP contribution in [0.4, 0.5) is 0 Å². The summed E-state index contributed by atoms with van der Waals surface area (Å²) in [6.45, 7) is 8.28. The Morgan fingerprint density at radius 1 is 0.823 bits per heavy atom. The van der Waals surface area contributed by atoms with Crippen LogP contribution in [0.1, 0.15) is 86.7 Å². The van der Waals surface area contributed by atoms with Crippen molar-refractivity contribution in [2.75, 3.05) is 6.61 Å². The molecule has 1 aliphatic heterocycles. The van der Waals surface area contributed by atoms with Gasteiger partial charge in [0.2, 0.25) is 0 Å². The molecule has 15 nitrogen and oxygen atoms in total. The largest absolute Gasteiger partial charge is 0.460 e. The minimum Gasteiger partial charge on any atom is -0.460 e. The molecule has 3 aromatic carbocycles. The van der Waals surface area contributed by atoms with Crippen molar-refractivity contribution in [3.8, 4) is 0 Å². The molecular formula is C47H53NO14. The number of hydrogen-bond acceptors (Lipinski definition) is 14. The molecule has 0 spiro atoms. The highest BCUT2D eigenvalue weighted by molar-refractivity contribution is 5.95. The molecule has 3 unspecified atom stereocenters. The first-order valence-corrected chi connectivity index (χ1v) is 20.8. The maximum atomic E-state index is 15.5. The van der Waals surface area contributed by atoms with Crippen molar-refractivity contribution in [1.29, 1.82) is 0 Å². The average Bonchev–Trinajstić information content (AvgIpc) is 3.24. The molecule has 1 amide bonds. The number of carbonyl (C=O) groups excluding carboxylic acids is 6. The number of carbonyl (C=O) groups is 6. The van der Waals surface area contributed by atoms with Gasteiger partial charge < -0.3 is 44.3 Å². The fourth-order valence-electron chi connectivity index (χ4n) is 10.8. The molecule has 1 saturated heterocycles. The van der Waals surface area contributed by atoms with Gasteiger partial charge in [0.25, 0.3) is 5.91 Å². The third-order valence-corrected chi connectivity index (χ3v) is 14.0. The third-order valence-electron chi connectivity index (χ3n) is 14.0. The second-order valence-corrected chi connectivity index (χ2v) is 17.8. The molecule has 15 heteroatoms. The highest BCUT2D eigenvalue weighted by atomic mass is 16.6. The average molecular weight is 856 g/mol. The summed E-state index contributed by atoms with van der Waals surface area (Å²) < 4.78 is 30.4. The zero-order valence-electron chi connectivity index (χ0n) is 35.4. The molecule has 2 bridgehead atoms. The normalized spacial score (nSPS) is 34.2. The Morgan fingerprint density at radius 2 is 1.40 bits per heavy atom. The van der Waals surface area contributed by atoms with Crippen LogP contribution in [-0.4, -0.2) is 105 Å². The Labute approximate surface area is 359 Å². The first kappa shape index (κ1) is 44.6. The first-order valence-electron chi connectivity index (χ1n) is 20.8. The summed E-state index contributed by atoms with van der Waals surface area (Å²) in [6.07, 6.45) is -10.1. The predicted molar refractivity (Wildman–Crippen MR) is 218 cm³/mol. The number of nitrogens with one attached hydrogen (secondary N) is 1. The maximum Gasteiger partial charge on any atom is 0.338 e. The van der Waals surface area contributed by atoms with E-state index in [9.17, 15) is 39.3 Å². The highest BCUT2D eigenvalue weighted by Gasteiger charge is 2.79. The van der Waals surface area contributed by atoms with E-state index in [1.165, 1.54) is 19.1 Å². The number of Topliss-reactive ketones (excluding diaryl/α,β-unsaturated/α-hetero) is 1. The quantitative estimate of drug-likeness (QED) is 0.169. The number of benzene rings is 3. The van der Waals surface area contributed by atoms with Crippen LogP contribution in [0, 0.1) is 28.6 Å². The maximum absolute atomic E-state index is 15.5. The lowest BCUT2D eigenvalue weighted by Gasteiger charge is -2.69.